The molecule has 1 saturated carbocycles. The van der Waals surface area contributed by atoms with Gasteiger partial charge in [0.1, 0.15) is 0 Å². The highest BCUT2D eigenvalue weighted by Crippen LogP contribution is 2.40. The average molecular weight is 309 g/mol. The second kappa shape index (κ2) is 7.28. The first-order chi connectivity index (χ1) is 10.1. The van der Waals surface area contributed by atoms with Crippen LogP contribution in [0.2, 0.25) is 5.02 Å². The normalized spacial score (nSPS) is 19.0. The van der Waals surface area contributed by atoms with Crippen molar-refractivity contribution in [1.29, 1.82) is 0 Å². The Morgan fingerprint density at radius 3 is 2.43 bits per heavy atom. The van der Waals surface area contributed by atoms with Gasteiger partial charge < -0.3 is 10.6 Å². The van der Waals surface area contributed by atoms with E-state index in [4.69, 9.17) is 11.6 Å². The zero-order valence-corrected chi connectivity index (χ0v) is 13.7. The lowest BCUT2D eigenvalue weighted by atomic mass is 9.68. The molecule has 0 heterocycles. The first-order valence-electron chi connectivity index (χ1n) is 7.80. The van der Waals surface area contributed by atoms with Crippen LogP contribution in [0.4, 0.5) is 0 Å². The number of hydrogen-bond acceptors (Lipinski definition) is 2. The summed E-state index contributed by atoms with van der Waals surface area (Å²) in [6.07, 6.45) is 5.29. The molecule has 4 heteroatoms. The lowest BCUT2D eigenvalue weighted by Gasteiger charge is -2.36. The molecule has 1 fully saturated rings. The molecule has 1 aliphatic carbocycles. The third-order valence-corrected chi connectivity index (χ3v) is 4.85. The van der Waals surface area contributed by atoms with Gasteiger partial charge >= 0.3 is 0 Å². The molecule has 21 heavy (non-hydrogen) atoms. The Kier molecular flexibility index (Phi) is 5.65. The fourth-order valence-corrected chi connectivity index (χ4v) is 3.21. The molecular formula is C17H25ClN2O. The molecule has 1 aliphatic rings. The van der Waals surface area contributed by atoms with Crippen molar-refractivity contribution in [3.05, 3.63) is 34.9 Å². The van der Waals surface area contributed by atoms with Crippen molar-refractivity contribution >= 4 is 17.5 Å². The van der Waals surface area contributed by atoms with Crippen molar-refractivity contribution in [2.75, 3.05) is 13.6 Å². The summed E-state index contributed by atoms with van der Waals surface area (Å²) >= 11 is 5.99. The molecule has 2 N–H and O–H groups in total. The molecular weight excluding hydrogens is 284 g/mol. The molecule has 1 aromatic carbocycles. The topological polar surface area (TPSA) is 41.1 Å². The van der Waals surface area contributed by atoms with Crippen LogP contribution in [-0.2, 0) is 10.2 Å². The lowest BCUT2D eigenvalue weighted by Crippen LogP contribution is -2.48. The third-order valence-electron chi connectivity index (χ3n) is 4.60. The standard InChI is InChI=1S/C17H25ClN2O/c1-13(19-2)12-20-16(21)17(10-4-3-5-11-17)14-6-8-15(18)9-7-14/h6-9,13,19H,3-5,10-12H2,1-2H3,(H,20,21). The zero-order valence-electron chi connectivity index (χ0n) is 12.9. The predicted octanol–water partition coefficient (Wildman–Crippen LogP) is 3.27. The monoisotopic (exact) mass is 308 g/mol. The second-order valence-electron chi connectivity index (χ2n) is 6.05. The van der Waals surface area contributed by atoms with Gasteiger partial charge in [-0.1, -0.05) is 43.0 Å². The van der Waals surface area contributed by atoms with E-state index in [1.807, 2.05) is 31.3 Å². The summed E-state index contributed by atoms with van der Waals surface area (Å²) in [5.41, 5.74) is 0.720. The predicted molar refractivity (Wildman–Crippen MR) is 87.7 cm³/mol. The Morgan fingerprint density at radius 1 is 1.24 bits per heavy atom. The van der Waals surface area contributed by atoms with Crippen LogP contribution in [0, 0.1) is 0 Å². The van der Waals surface area contributed by atoms with E-state index in [2.05, 4.69) is 17.6 Å². The number of amides is 1. The molecule has 1 amide bonds. The van der Waals surface area contributed by atoms with Crippen molar-refractivity contribution in [2.45, 2.75) is 50.5 Å². The van der Waals surface area contributed by atoms with Gasteiger partial charge in [0.25, 0.3) is 0 Å². The highest BCUT2D eigenvalue weighted by Gasteiger charge is 2.40. The minimum Gasteiger partial charge on any atom is -0.354 e. The highest BCUT2D eigenvalue weighted by molar-refractivity contribution is 6.30. The van der Waals surface area contributed by atoms with Crippen molar-refractivity contribution in [3.63, 3.8) is 0 Å². The van der Waals surface area contributed by atoms with E-state index < -0.39 is 0 Å². The summed E-state index contributed by atoms with van der Waals surface area (Å²) in [7, 11) is 1.91. The van der Waals surface area contributed by atoms with E-state index in [0.717, 1.165) is 31.2 Å². The van der Waals surface area contributed by atoms with Crippen LogP contribution >= 0.6 is 11.6 Å². The smallest absolute Gasteiger partial charge is 0.230 e. The van der Waals surface area contributed by atoms with Gasteiger partial charge in [0, 0.05) is 17.6 Å². The van der Waals surface area contributed by atoms with E-state index >= 15 is 0 Å². The second-order valence-corrected chi connectivity index (χ2v) is 6.49. The summed E-state index contributed by atoms with van der Waals surface area (Å²) in [6.45, 7) is 2.72. The Hall–Kier alpha value is -1.06. The fraction of sp³-hybridized carbons (Fsp3) is 0.588. The van der Waals surface area contributed by atoms with Crippen LogP contribution in [0.1, 0.15) is 44.6 Å². The van der Waals surface area contributed by atoms with E-state index in [1.165, 1.54) is 6.42 Å². The number of carbonyl (C=O) groups excluding carboxylic acids is 1. The molecule has 3 nitrogen and oxygen atoms in total. The van der Waals surface area contributed by atoms with Gasteiger partial charge in [-0.3, -0.25) is 4.79 Å². The highest BCUT2D eigenvalue weighted by atomic mass is 35.5. The van der Waals surface area contributed by atoms with Gasteiger partial charge in [-0.15, -0.1) is 0 Å². The third kappa shape index (κ3) is 3.78. The first kappa shape index (κ1) is 16.3. The van der Waals surface area contributed by atoms with Crippen LogP contribution in [0.5, 0.6) is 0 Å². The van der Waals surface area contributed by atoms with Gasteiger partial charge in [-0.2, -0.15) is 0 Å². The largest absolute Gasteiger partial charge is 0.354 e. The Bertz CT molecular complexity index is 466. The zero-order chi connectivity index (χ0) is 15.3. The summed E-state index contributed by atoms with van der Waals surface area (Å²) in [4.78, 5) is 12.9. The maximum atomic E-state index is 12.9. The molecule has 0 aliphatic heterocycles. The Morgan fingerprint density at radius 2 is 1.86 bits per heavy atom. The molecule has 0 spiro atoms. The van der Waals surface area contributed by atoms with Crippen LogP contribution in [0.25, 0.3) is 0 Å². The van der Waals surface area contributed by atoms with Gasteiger partial charge in [-0.05, 0) is 44.5 Å². The minimum absolute atomic E-state index is 0.159. The van der Waals surface area contributed by atoms with Gasteiger partial charge in [0.05, 0.1) is 5.41 Å². The van der Waals surface area contributed by atoms with Crippen LogP contribution in [0.3, 0.4) is 0 Å². The van der Waals surface area contributed by atoms with E-state index in [-0.39, 0.29) is 17.4 Å². The Labute approximate surface area is 132 Å². The molecule has 0 bridgehead atoms. The SMILES string of the molecule is CNC(C)CNC(=O)C1(c2ccc(Cl)cc2)CCCCC1. The first-order valence-corrected chi connectivity index (χ1v) is 8.18. The van der Waals surface area contributed by atoms with Crippen LogP contribution in [-0.4, -0.2) is 25.5 Å². The number of halogens is 1. The maximum absolute atomic E-state index is 12.9. The number of carbonyl (C=O) groups is 1. The molecule has 1 atom stereocenters. The van der Waals surface area contributed by atoms with E-state index in [1.54, 1.807) is 0 Å². The molecule has 116 valence electrons. The van der Waals surface area contributed by atoms with Crippen LogP contribution in [0.15, 0.2) is 24.3 Å². The molecule has 0 radical (unpaired) electrons. The van der Waals surface area contributed by atoms with Crippen molar-refractivity contribution in [2.24, 2.45) is 0 Å². The average Bonchev–Trinajstić information content (AvgIpc) is 2.53. The molecule has 0 saturated heterocycles. The fourth-order valence-electron chi connectivity index (χ4n) is 3.09. The number of benzene rings is 1. The number of nitrogens with one attached hydrogen (secondary N) is 2. The molecule has 0 aromatic heterocycles. The van der Waals surface area contributed by atoms with Gasteiger partial charge in [0.15, 0.2) is 0 Å². The summed E-state index contributed by atoms with van der Waals surface area (Å²) < 4.78 is 0. The van der Waals surface area contributed by atoms with Crippen molar-refractivity contribution in [3.8, 4) is 0 Å². The Balaban J connectivity index is 2.20. The summed E-state index contributed by atoms with van der Waals surface area (Å²) in [6, 6.07) is 8.07. The quantitative estimate of drug-likeness (QED) is 0.876. The van der Waals surface area contributed by atoms with Crippen molar-refractivity contribution in [1.82, 2.24) is 10.6 Å². The van der Waals surface area contributed by atoms with E-state index in [0.29, 0.717) is 11.6 Å². The molecule has 1 unspecified atom stereocenters. The van der Waals surface area contributed by atoms with E-state index in [9.17, 15) is 4.79 Å². The minimum atomic E-state index is -0.379. The number of likely N-dealkylation sites (N-methyl/N-ethyl adjacent to an activating group) is 1. The van der Waals surface area contributed by atoms with Crippen LogP contribution < -0.4 is 10.6 Å². The number of rotatable bonds is 5. The molecule has 2 rings (SSSR count). The summed E-state index contributed by atoms with van der Waals surface area (Å²) in [5, 5.41) is 6.99. The lowest BCUT2D eigenvalue weighted by molar-refractivity contribution is -0.128. The maximum Gasteiger partial charge on any atom is 0.230 e. The summed E-state index contributed by atoms with van der Waals surface area (Å²) in [5.74, 6) is 0.159. The van der Waals surface area contributed by atoms with Gasteiger partial charge in [0.2, 0.25) is 5.91 Å². The number of hydrogen-bond donors (Lipinski definition) is 2. The van der Waals surface area contributed by atoms with Gasteiger partial charge in [-0.25, -0.2) is 0 Å². The molecule has 1 aromatic rings. The van der Waals surface area contributed by atoms with Crippen molar-refractivity contribution < 1.29 is 4.79 Å².